The number of methoxy groups -OCH3 is 2. The molecule has 2 amide bonds. The number of carbonyl (C=O) groups excluding carboxylic acids is 10. The van der Waals surface area contributed by atoms with E-state index in [1.807, 2.05) is 158 Å². The fourth-order valence-corrected chi connectivity index (χ4v) is 16.3. The number of halogens is 8. The number of hydrogen-bond donors (Lipinski definition) is 1. The minimum absolute atomic E-state index is 0.0133. The van der Waals surface area contributed by atoms with Gasteiger partial charge in [0.25, 0.3) is 0 Å². The highest BCUT2D eigenvalue weighted by Gasteiger charge is 2.26. The summed E-state index contributed by atoms with van der Waals surface area (Å²) in [5, 5.41) is 2.63. The van der Waals surface area contributed by atoms with Gasteiger partial charge in [-0.3, -0.25) is 19.3 Å². The molecule has 41 nitrogen and oxygen atoms in total. The molecule has 6 rings (SSSR count). The molecule has 55 heteroatoms. The van der Waals surface area contributed by atoms with Crippen molar-refractivity contribution in [3.05, 3.63) is 159 Å². The topological polar surface area (TPSA) is 631 Å². The third kappa shape index (κ3) is 50.3. The molecule has 0 saturated heterocycles. The van der Waals surface area contributed by atoms with Crippen molar-refractivity contribution in [2.45, 2.75) is 47.1 Å². The molecule has 0 radical (unpaired) electrons. The van der Waals surface area contributed by atoms with Gasteiger partial charge in [0.05, 0.1) is 154 Å². The summed E-state index contributed by atoms with van der Waals surface area (Å²) in [5.41, 5.74) is 1.25. The third-order valence-electron chi connectivity index (χ3n) is 12.9. The van der Waals surface area contributed by atoms with Gasteiger partial charge in [0.2, 0.25) is 5.91 Å². The number of ether oxygens (including phenoxy) is 11. The van der Waals surface area contributed by atoms with Crippen LogP contribution in [0, 0.1) is 28.6 Å². The van der Waals surface area contributed by atoms with Crippen molar-refractivity contribution in [1.29, 1.82) is 0 Å². The molecule has 6 aromatic rings. The maximum atomic E-state index is 12.1. The average molecular weight is 2740 g/mol. The molecule has 123 heavy (non-hydrogen) atoms. The molecule has 6 aromatic carbocycles. The average Bonchev–Trinajstić information content (AvgIpc) is 0.795. The summed E-state index contributed by atoms with van der Waals surface area (Å²) in [5.74, 6) is -9.64. The Hall–Kier alpha value is -5.28. The number of hydrogen-bond acceptors (Lipinski definition) is 39. The zero-order valence-corrected chi connectivity index (χ0v) is 86.7. The molecule has 0 spiro atoms. The van der Waals surface area contributed by atoms with Crippen LogP contribution in [0.1, 0.15) is 104 Å². The number of benzene rings is 6. The van der Waals surface area contributed by atoms with Crippen molar-refractivity contribution in [2.75, 3.05) is 106 Å². The van der Waals surface area contributed by atoms with Gasteiger partial charge in [-0.25, -0.2) is 84.1 Å². The molecular formula is C68H68I8N2O39S6-6. The second kappa shape index (κ2) is 54.3. The van der Waals surface area contributed by atoms with E-state index in [2.05, 4.69) is 46.9 Å². The van der Waals surface area contributed by atoms with Crippen LogP contribution in [0.4, 0.5) is 16.2 Å². The Morgan fingerprint density at radius 3 is 1.05 bits per heavy atom. The Kier molecular flexibility index (Phi) is 51.1. The minimum atomic E-state index is -4.45. The molecule has 0 atom stereocenters. The van der Waals surface area contributed by atoms with Crippen LogP contribution in [0.3, 0.4) is 0 Å². The molecule has 0 aliphatic rings. The Labute approximate surface area is 814 Å². The zero-order valence-electron chi connectivity index (χ0n) is 64.6. The van der Waals surface area contributed by atoms with Gasteiger partial charge in [-0.15, -0.1) is 0 Å². The first kappa shape index (κ1) is 116. The number of nitrogens with one attached hydrogen (secondary N) is 1. The van der Waals surface area contributed by atoms with Crippen molar-refractivity contribution in [3.63, 3.8) is 0 Å². The molecule has 1 N–H and O–H groups in total. The number of esters is 8. The molecular weight excluding hydrogens is 2680 g/mol. The highest BCUT2D eigenvalue weighted by molar-refractivity contribution is 14.1. The SMILES string of the molecule is CC(=O)Nc1c(I)cc(I)c(C(=O)OCCS(=O)(=O)[O-])c1I.CC(=O)Oc1cc(C(=O)OCCS(=O)(=O)[O-])ccc1I.CC(=O)Oc1cc(I)ccc1C(=O)OCCS(=O)(=O)[O-].CN(C(=O)OC(C)(C)C)c1ccc(C(=O)OCCS(=O)(=O)[O-])cc1I.COc1cc(C(=O)OCCS(=O)(=O)[O-])ccc1I.COc1cc(I)ccc1C(=O)OCCS(=O)(=O)[O-]. The Morgan fingerprint density at radius 2 is 0.699 bits per heavy atom. The van der Waals surface area contributed by atoms with E-state index in [0.717, 1.165) is 14.3 Å². The van der Waals surface area contributed by atoms with Crippen LogP contribution in [0.15, 0.2) is 97.1 Å². The lowest BCUT2D eigenvalue weighted by molar-refractivity contribution is -0.132. The van der Waals surface area contributed by atoms with Crippen LogP contribution in [-0.2, 0) is 108 Å². The largest absolute Gasteiger partial charge is 0.748 e. The van der Waals surface area contributed by atoms with Crippen LogP contribution < -0.4 is 29.2 Å². The van der Waals surface area contributed by atoms with E-state index in [0.29, 0.717) is 37.2 Å². The van der Waals surface area contributed by atoms with Gasteiger partial charge in [-0.2, -0.15) is 0 Å². The number of anilines is 2. The molecule has 0 heterocycles. The lowest BCUT2D eigenvalue weighted by Gasteiger charge is -2.25. The summed E-state index contributed by atoms with van der Waals surface area (Å²) in [7, 11) is -22.1. The molecule has 0 fully saturated rings. The van der Waals surface area contributed by atoms with Crippen LogP contribution in [0.25, 0.3) is 0 Å². The summed E-state index contributed by atoms with van der Waals surface area (Å²) < 4.78 is 246. The summed E-state index contributed by atoms with van der Waals surface area (Å²) in [4.78, 5) is 117. The molecule has 682 valence electrons. The van der Waals surface area contributed by atoms with Gasteiger partial charge in [0.15, 0.2) is 0 Å². The quantitative estimate of drug-likeness (QED) is 0.0145. The van der Waals surface area contributed by atoms with E-state index >= 15 is 0 Å². The van der Waals surface area contributed by atoms with E-state index in [4.69, 9.17) is 33.2 Å². The van der Waals surface area contributed by atoms with Crippen molar-refractivity contribution in [1.82, 2.24) is 0 Å². The minimum Gasteiger partial charge on any atom is -0.748 e. The maximum Gasteiger partial charge on any atom is 0.414 e. The number of rotatable bonds is 30. The van der Waals surface area contributed by atoms with E-state index in [1.165, 1.54) is 94.5 Å². The van der Waals surface area contributed by atoms with E-state index in [-0.39, 0.29) is 50.8 Å². The first-order valence-corrected chi connectivity index (χ1v) is 50.9. The Bertz CT molecular complexity index is 5550. The van der Waals surface area contributed by atoms with Gasteiger partial charge >= 0.3 is 53.8 Å². The van der Waals surface area contributed by atoms with Crippen molar-refractivity contribution in [2.24, 2.45) is 0 Å². The molecule has 0 saturated carbocycles. The van der Waals surface area contributed by atoms with Crippen molar-refractivity contribution < 1.29 is 178 Å². The van der Waals surface area contributed by atoms with E-state index in [9.17, 15) is 126 Å². The van der Waals surface area contributed by atoms with Gasteiger partial charge in [0.1, 0.15) is 79.4 Å². The van der Waals surface area contributed by atoms with Crippen LogP contribution in [0.2, 0.25) is 0 Å². The smallest absolute Gasteiger partial charge is 0.414 e. The van der Waals surface area contributed by atoms with E-state index < -0.39 is 194 Å². The Balaban J connectivity index is 0.000000741. The predicted molar refractivity (Wildman–Crippen MR) is 494 cm³/mol. The summed E-state index contributed by atoms with van der Waals surface area (Å²) >= 11 is 15.8. The maximum absolute atomic E-state index is 12.1. The summed E-state index contributed by atoms with van der Waals surface area (Å²) in [6.45, 7) is 5.97. The standard InChI is InChI=1S/C15H20INO7S.C11H10I3NO6S.2C11H11IO7S.2C10H11IO6S/c1-15(2,3)24-14(19)17(4)12-6-5-10(9-11(12)16)13(18)23-7-8-25(20,21)22;1-5(16)15-10-7(13)4-6(12)8(9(10)14)11(17)21-2-3-22(18,19)20;1-7(13)19-10-6-8(12)2-3-9(10)11(14)18-4-5-20(15,16)17;1-7(13)19-10-6-8(2-3-9(10)12)11(14)18-4-5-20(15,16)17;1-16-9-6-7(11)2-3-8(9)10(12)17-4-5-18(13,14)15;1-16-9-6-7(2-3-8(9)11)10(12)17-4-5-18(13,14)15/h5-6,9H,7-8H2,1-4H3,(H,20,21,22);4H,2-3H2,1H3,(H,15,16)(H,18,19,20);2*2-3,6H,4-5H2,1H3,(H,15,16,17);2*2-3,6H,4-5H2,1H3,(H,13,14,15)/p-6. The third-order valence-corrected chi connectivity index (χ3v) is 23.7. The summed E-state index contributed by atoms with van der Waals surface area (Å²) in [6.07, 6.45) is -0.540. The predicted octanol–water partition coefficient (Wildman–Crippen LogP) is 8.37. The zero-order chi connectivity index (χ0) is 94.7. The number of nitrogens with zero attached hydrogens (tertiary/aromatic N) is 1. The van der Waals surface area contributed by atoms with Gasteiger partial charge in [-0.1, -0.05) is 0 Å². The van der Waals surface area contributed by atoms with Crippen molar-refractivity contribution >= 4 is 313 Å². The normalized spacial score (nSPS) is 11.2. The molecule has 0 aliphatic heterocycles. The van der Waals surface area contributed by atoms with Crippen LogP contribution in [0.5, 0.6) is 23.0 Å². The molecule has 0 bridgehead atoms. The van der Waals surface area contributed by atoms with Gasteiger partial charge in [0, 0.05) is 45.7 Å². The Morgan fingerprint density at radius 1 is 0.374 bits per heavy atom. The fraction of sp³-hybridized carbons (Fsp3) is 0.324. The lowest BCUT2D eigenvalue weighted by Crippen LogP contribution is -2.34. The molecule has 0 aliphatic carbocycles. The highest BCUT2D eigenvalue weighted by atomic mass is 127. The lowest BCUT2D eigenvalue weighted by atomic mass is 10.2. The second-order valence-electron chi connectivity index (χ2n) is 23.8. The van der Waals surface area contributed by atoms with E-state index in [1.54, 1.807) is 70.3 Å². The highest BCUT2D eigenvalue weighted by Crippen LogP contribution is 2.33. The fourth-order valence-electron chi connectivity index (χ4n) is 7.69. The first-order valence-electron chi connectivity index (χ1n) is 32.9. The molecule has 0 aromatic heterocycles. The molecule has 0 unspecified atom stereocenters. The number of amides is 2. The number of carbonyl (C=O) groups is 10. The van der Waals surface area contributed by atoms with Crippen LogP contribution in [-0.4, -0.2) is 239 Å². The van der Waals surface area contributed by atoms with Crippen LogP contribution >= 0.6 is 181 Å². The summed E-state index contributed by atoms with van der Waals surface area (Å²) in [6, 6.07) is 24.4. The van der Waals surface area contributed by atoms with Gasteiger partial charge in [-0.05, 0) is 299 Å². The van der Waals surface area contributed by atoms with Gasteiger partial charge < -0.3 is 84.7 Å². The second-order valence-corrected chi connectivity index (χ2v) is 42.4. The van der Waals surface area contributed by atoms with Crippen molar-refractivity contribution in [3.8, 4) is 23.0 Å². The first-order chi connectivity index (χ1) is 56.4. The monoisotopic (exact) mass is 2740 g/mol.